The lowest BCUT2D eigenvalue weighted by Gasteiger charge is -2.36. The maximum Gasteiger partial charge on any atom is 0.411 e. The SMILES string of the molecule is C=C/C=C(\C=C/C)C1N(C2CCCCC2)C(=O)OC1(C)C.Nc1ccncc1N. The van der Waals surface area contributed by atoms with Gasteiger partial charge in [-0.1, -0.05) is 50.1 Å². The Kier molecular flexibility index (Phi) is 7.88. The minimum absolute atomic E-state index is 0.0395. The second-order valence-electron chi connectivity index (χ2n) is 7.98. The summed E-state index contributed by atoms with van der Waals surface area (Å²) >= 11 is 0. The molecule has 1 amide bonds. The Morgan fingerprint density at radius 2 is 1.97 bits per heavy atom. The number of carbonyl (C=O) groups excluding carboxylic acids is 1. The summed E-state index contributed by atoms with van der Waals surface area (Å²) in [5.74, 6) is 0. The normalized spacial score (nSPS) is 22.2. The van der Waals surface area contributed by atoms with Gasteiger partial charge in [-0.15, -0.1) is 0 Å². The lowest BCUT2D eigenvalue weighted by Crippen LogP contribution is -2.48. The number of nitrogen functional groups attached to an aromatic ring is 2. The second-order valence-corrected chi connectivity index (χ2v) is 7.98. The van der Waals surface area contributed by atoms with E-state index in [4.69, 9.17) is 16.2 Å². The molecule has 0 spiro atoms. The van der Waals surface area contributed by atoms with E-state index in [2.05, 4.69) is 17.6 Å². The van der Waals surface area contributed by atoms with Crippen molar-refractivity contribution in [3.63, 3.8) is 0 Å². The van der Waals surface area contributed by atoms with E-state index in [1.54, 1.807) is 18.3 Å². The van der Waals surface area contributed by atoms with Gasteiger partial charge < -0.3 is 16.2 Å². The molecule has 29 heavy (non-hydrogen) atoms. The van der Waals surface area contributed by atoms with Gasteiger partial charge in [0.1, 0.15) is 5.60 Å². The molecule has 3 rings (SSSR count). The van der Waals surface area contributed by atoms with Crippen molar-refractivity contribution in [3.05, 3.63) is 54.9 Å². The number of pyridine rings is 1. The molecule has 0 bridgehead atoms. The van der Waals surface area contributed by atoms with Crippen molar-refractivity contribution in [2.75, 3.05) is 11.5 Å². The maximum atomic E-state index is 12.4. The van der Waals surface area contributed by atoms with E-state index in [0.29, 0.717) is 17.4 Å². The first kappa shape index (κ1) is 22.5. The van der Waals surface area contributed by atoms with Crippen LogP contribution in [0, 0.1) is 0 Å². The Morgan fingerprint density at radius 1 is 1.28 bits per heavy atom. The maximum absolute atomic E-state index is 12.4. The number of cyclic esters (lactones) is 1. The van der Waals surface area contributed by atoms with Crippen LogP contribution in [0.3, 0.4) is 0 Å². The zero-order chi connectivity index (χ0) is 21.4. The molecule has 1 atom stereocenters. The molecule has 0 aromatic carbocycles. The van der Waals surface area contributed by atoms with Crippen molar-refractivity contribution < 1.29 is 9.53 Å². The molecule has 4 N–H and O–H groups in total. The first-order chi connectivity index (χ1) is 13.8. The van der Waals surface area contributed by atoms with Crippen LogP contribution in [0.2, 0.25) is 0 Å². The number of hydrogen-bond acceptors (Lipinski definition) is 5. The summed E-state index contributed by atoms with van der Waals surface area (Å²) in [6, 6.07) is 1.92. The lowest BCUT2D eigenvalue weighted by atomic mass is 9.87. The number of nitrogens with zero attached hydrogens (tertiary/aromatic N) is 2. The molecule has 2 heterocycles. The molecular weight excluding hydrogens is 364 g/mol. The van der Waals surface area contributed by atoms with Crippen LogP contribution in [-0.4, -0.2) is 33.7 Å². The van der Waals surface area contributed by atoms with E-state index >= 15 is 0 Å². The number of amides is 1. The van der Waals surface area contributed by atoms with Crippen molar-refractivity contribution in [3.8, 4) is 0 Å². The fourth-order valence-electron chi connectivity index (χ4n) is 4.04. The molecule has 158 valence electrons. The highest BCUT2D eigenvalue weighted by atomic mass is 16.6. The average molecular weight is 399 g/mol. The van der Waals surface area contributed by atoms with Gasteiger partial charge >= 0.3 is 6.09 Å². The van der Waals surface area contributed by atoms with E-state index in [1.807, 2.05) is 37.8 Å². The quantitative estimate of drug-likeness (QED) is 0.707. The summed E-state index contributed by atoms with van der Waals surface area (Å²) in [5, 5.41) is 0. The predicted molar refractivity (Wildman–Crippen MR) is 119 cm³/mol. The van der Waals surface area contributed by atoms with Crippen molar-refractivity contribution in [2.24, 2.45) is 0 Å². The highest BCUT2D eigenvalue weighted by Crippen LogP contribution is 2.39. The molecular formula is C23H34N4O2. The Morgan fingerprint density at radius 3 is 2.48 bits per heavy atom. The number of ether oxygens (including phenoxy) is 1. The Balaban J connectivity index is 0.000000313. The molecule has 1 unspecified atom stereocenters. The number of rotatable bonds is 4. The molecule has 1 aromatic rings. The van der Waals surface area contributed by atoms with Gasteiger partial charge in [0, 0.05) is 12.2 Å². The highest BCUT2D eigenvalue weighted by molar-refractivity contribution is 5.73. The Bertz CT molecular complexity index is 743. The van der Waals surface area contributed by atoms with Crippen LogP contribution in [0.1, 0.15) is 52.9 Å². The van der Waals surface area contributed by atoms with Crippen molar-refractivity contribution in [1.29, 1.82) is 0 Å². The van der Waals surface area contributed by atoms with Crippen LogP contribution in [0.5, 0.6) is 0 Å². The molecule has 2 fully saturated rings. The van der Waals surface area contributed by atoms with Gasteiger partial charge in [0.25, 0.3) is 0 Å². The van der Waals surface area contributed by atoms with Crippen molar-refractivity contribution >= 4 is 17.5 Å². The molecule has 1 aromatic heterocycles. The third-order valence-electron chi connectivity index (χ3n) is 5.34. The van der Waals surface area contributed by atoms with Gasteiger partial charge in [-0.05, 0) is 45.3 Å². The van der Waals surface area contributed by atoms with Gasteiger partial charge in [-0.25, -0.2) is 4.79 Å². The molecule has 1 aliphatic heterocycles. The van der Waals surface area contributed by atoms with Gasteiger partial charge in [-0.3, -0.25) is 9.88 Å². The van der Waals surface area contributed by atoms with Gasteiger partial charge in [-0.2, -0.15) is 0 Å². The fourth-order valence-corrected chi connectivity index (χ4v) is 4.04. The number of allylic oxidation sites excluding steroid dienone is 3. The van der Waals surface area contributed by atoms with Crippen LogP contribution in [0.15, 0.2) is 54.9 Å². The number of hydrogen-bond donors (Lipinski definition) is 2. The summed E-state index contributed by atoms with van der Waals surface area (Å²) in [4.78, 5) is 18.2. The molecule has 1 saturated carbocycles. The largest absolute Gasteiger partial charge is 0.441 e. The summed E-state index contributed by atoms with van der Waals surface area (Å²) in [6.07, 6.45) is 16.6. The number of anilines is 2. The van der Waals surface area contributed by atoms with E-state index in [1.165, 1.54) is 25.5 Å². The average Bonchev–Trinajstić information content (AvgIpc) is 2.93. The highest BCUT2D eigenvalue weighted by Gasteiger charge is 2.51. The number of carbonyl (C=O) groups is 1. The second kappa shape index (κ2) is 10.1. The minimum Gasteiger partial charge on any atom is -0.441 e. The van der Waals surface area contributed by atoms with Gasteiger partial charge in [0.2, 0.25) is 0 Å². The third kappa shape index (κ3) is 5.62. The topological polar surface area (TPSA) is 94.5 Å². The molecule has 0 radical (unpaired) electrons. The van der Waals surface area contributed by atoms with E-state index in [9.17, 15) is 4.79 Å². The number of aromatic nitrogens is 1. The monoisotopic (exact) mass is 398 g/mol. The number of nitrogens with two attached hydrogens (primary N) is 2. The first-order valence-electron chi connectivity index (χ1n) is 10.2. The van der Waals surface area contributed by atoms with Crippen LogP contribution in [0.25, 0.3) is 0 Å². The smallest absolute Gasteiger partial charge is 0.411 e. The van der Waals surface area contributed by atoms with E-state index in [-0.39, 0.29) is 12.1 Å². The molecule has 2 aliphatic rings. The van der Waals surface area contributed by atoms with Gasteiger partial charge in [0.15, 0.2) is 0 Å². The lowest BCUT2D eigenvalue weighted by molar-refractivity contribution is 0.0751. The van der Waals surface area contributed by atoms with Crippen molar-refractivity contribution in [2.45, 2.75) is 70.6 Å². The molecule has 1 saturated heterocycles. The zero-order valence-corrected chi connectivity index (χ0v) is 17.8. The standard InChI is InChI=1S/C18H27NO2.C5H7N3/c1-5-10-14(11-6-2)16-18(3,4)21-17(20)19(16)15-12-8-7-9-13-15;6-4-1-2-8-3-5(4)7/h5-6,10-11,15-16H,1,7-9,12-13H2,2-4H3;1-3H,7H2,(H2,6,8)/b11-6-,14-10+;. The predicted octanol–water partition coefficient (Wildman–Crippen LogP) is 4.85. The summed E-state index contributed by atoms with van der Waals surface area (Å²) in [5.41, 5.74) is 12.4. The summed E-state index contributed by atoms with van der Waals surface area (Å²) in [6.45, 7) is 9.79. The van der Waals surface area contributed by atoms with Crippen LogP contribution in [0.4, 0.5) is 16.2 Å². The molecule has 1 aliphatic carbocycles. The Labute approximate surface area is 174 Å². The van der Waals surface area contributed by atoms with E-state index in [0.717, 1.165) is 18.4 Å². The van der Waals surface area contributed by atoms with Crippen LogP contribution in [-0.2, 0) is 4.74 Å². The molecule has 6 nitrogen and oxygen atoms in total. The van der Waals surface area contributed by atoms with Crippen molar-refractivity contribution in [1.82, 2.24) is 9.88 Å². The first-order valence-corrected chi connectivity index (χ1v) is 10.2. The van der Waals surface area contributed by atoms with Crippen LogP contribution >= 0.6 is 0 Å². The third-order valence-corrected chi connectivity index (χ3v) is 5.34. The Hall–Kier alpha value is -2.76. The van der Waals surface area contributed by atoms with E-state index < -0.39 is 5.60 Å². The zero-order valence-electron chi connectivity index (χ0n) is 17.8. The van der Waals surface area contributed by atoms with Gasteiger partial charge in [0.05, 0.1) is 23.6 Å². The van der Waals surface area contributed by atoms with Crippen LogP contribution < -0.4 is 11.5 Å². The minimum atomic E-state index is -0.511. The summed E-state index contributed by atoms with van der Waals surface area (Å²) < 4.78 is 5.68. The summed E-state index contributed by atoms with van der Waals surface area (Å²) in [7, 11) is 0. The molecule has 6 heteroatoms. The fraction of sp³-hybridized carbons (Fsp3) is 0.478.